The number of para-hydroxylation sites is 1. The van der Waals surface area contributed by atoms with Crippen molar-refractivity contribution in [1.29, 1.82) is 5.26 Å². The van der Waals surface area contributed by atoms with Crippen molar-refractivity contribution in [1.82, 2.24) is 0 Å². The summed E-state index contributed by atoms with van der Waals surface area (Å²) in [7, 11) is 0. The number of carbonyl (C=O) groups is 1. The lowest BCUT2D eigenvalue weighted by Gasteiger charge is -2.06. The lowest BCUT2D eigenvalue weighted by Crippen LogP contribution is -2.13. The number of halogens is 2. The van der Waals surface area contributed by atoms with E-state index in [1.54, 1.807) is 36.4 Å². The van der Waals surface area contributed by atoms with Crippen molar-refractivity contribution >= 4 is 45.2 Å². The molecule has 6 heteroatoms. The number of benzene rings is 2. The Hall–Kier alpha value is -2.29. The molecule has 0 atom stereocenters. The number of phenolic OH excluding ortho intramolecular Hbond substituents is 1. The van der Waals surface area contributed by atoms with E-state index in [0.29, 0.717) is 16.3 Å². The summed E-state index contributed by atoms with van der Waals surface area (Å²) in [5.74, 6) is -0.628. The van der Waals surface area contributed by atoms with Crippen molar-refractivity contribution in [2.75, 3.05) is 5.32 Å². The first-order chi connectivity index (χ1) is 10.5. The Labute approximate surface area is 140 Å². The molecule has 22 heavy (non-hydrogen) atoms. The molecule has 4 nitrogen and oxygen atoms in total. The van der Waals surface area contributed by atoms with Crippen LogP contribution >= 0.6 is 27.5 Å². The lowest BCUT2D eigenvalue weighted by molar-refractivity contribution is -0.112. The van der Waals surface area contributed by atoms with Crippen molar-refractivity contribution in [3.05, 3.63) is 63.1 Å². The summed E-state index contributed by atoms with van der Waals surface area (Å²) in [6.45, 7) is 0. The maximum atomic E-state index is 12.1. The van der Waals surface area contributed by atoms with E-state index in [1.807, 2.05) is 6.07 Å². The van der Waals surface area contributed by atoms with Crippen LogP contribution in [0.3, 0.4) is 0 Å². The van der Waals surface area contributed by atoms with Gasteiger partial charge in [-0.25, -0.2) is 0 Å². The number of rotatable bonds is 3. The zero-order valence-corrected chi connectivity index (χ0v) is 13.5. The molecule has 0 heterocycles. The molecule has 0 saturated carbocycles. The molecule has 0 aliphatic rings. The SMILES string of the molecule is N#C/C(=C\c1cc(Br)ccc1O)C(=O)Nc1ccccc1Cl. The monoisotopic (exact) mass is 376 g/mol. The largest absolute Gasteiger partial charge is 0.507 e. The van der Waals surface area contributed by atoms with Crippen molar-refractivity contribution in [3.63, 3.8) is 0 Å². The highest BCUT2D eigenvalue weighted by Gasteiger charge is 2.12. The fraction of sp³-hybridized carbons (Fsp3) is 0. The zero-order valence-electron chi connectivity index (χ0n) is 11.2. The fourth-order valence-electron chi connectivity index (χ4n) is 1.70. The van der Waals surface area contributed by atoms with Crippen LogP contribution in [-0.2, 0) is 4.79 Å². The molecule has 1 amide bonds. The third kappa shape index (κ3) is 3.88. The minimum absolute atomic E-state index is 0.0264. The summed E-state index contributed by atoms with van der Waals surface area (Å²) in [6, 6.07) is 13.3. The summed E-state index contributed by atoms with van der Waals surface area (Å²) >= 11 is 9.23. The van der Waals surface area contributed by atoms with E-state index in [1.165, 1.54) is 12.1 Å². The highest BCUT2D eigenvalue weighted by Crippen LogP contribution is 2.25. The molecule has 0 saturated heterocycles. The highest BCUT2D eigenvalue weighted by atomic mass is 79.9. The van der Waals surface area contributed by atoms with Crippen molar-refractivity contribution in [2.45, 2.75) is 0 Å². The molecular formula is C16H10BrClN2O2. The third-order valence-corrected chi connectivity index (χ3v) is 3.60. The number of nitrogens with zero attached hydrogens (tertiary/aromatic N) is 1. The predicted octanol–water partition coefficient (Wildman–Crippen LogP) is 4.35. The molecule has 2 N–H and O–H groups in total. The van der Waals surface area contributed by atoms with E-state index in [4.69, 9.17) is 16.9 Å². The Morgan fingerprint density at radius 2 is 2.05 bits per heavy atom. The van der Waals surface area contributed by atoms with Crippen molar-refractivity contribution in [2.24, 2.45) is 0 Å². The van der Waals surface area contributed by atoms with Crippen LogP contribution in [-0.4, -0.2) is 11.0 Å². The minimum atomic E-state index is -0.602. The molecule has 0 aliphatic carbocycles. The predicted molar refractivity (Wildman–Crippen MR) is 89.5 cm³/mol. The van der Waals surface area contributed by atoms with Gasteiger partial charge in [-0.1, -0.05) is 39.7 Å². The van der Waals surface area contributed by atoms with Crippen LogP contribution in [0.15, 0.2) is 52.5 Å². The number of hydrogen-bond donors (Lipinski definition) is 2. The summed E-state index contributed by atoms with van der Waals surface area (Å²) in [5.41, 5.74) is 0.627. The number of carbonyl (C=O) groups excluding carboxylic acids is 1. The van der Waals surface area contributed by atoms with Gasteiger partial charge in [0.25, 0.3) is 5.91 Å². The molecule has 0 aliphatic heterocycles. The van der Waals surface area contributed by atoms with Gasteiger partial charge in [0, 0.05) is 10.0 Å². The van der Waals surface area contributed by atoms with Crippen LogP contribution in [0.5, 0.6) is 5.75 Å². The Morgan fingerprint density at radius 1 is 1.32 bits per heavy atom. The van der Waals surface area contributed by atoms with Gasteiger partial charge in [-0.3, -0.25) is 4.79 Å². The number of aromatic hydroxyl groups is 1. The third-order valence-electron chi connectivity index (χ3n) is 2.78. The standard InChI is InChI=1S/C16H10BrClN2O2/c17-12-5-6-15(21)10(8-12)7-11(9-19)16(22)20-14-4-2-1-3-13(14)18/h1-8,21H,(H,20,22)/b11-7+. The van der Waals surface area contributed by atoms with Crippen molar-refractivity contribution < 1.29 is 9.90 Å². The first-order valence-electron chi connectivity index (χ1n) is 6.17. The first kappa shape index (κ1) is 16.1. The molecule has 0 radical (unpaired) electrons. The molecule has 0 unspecified atom stereocenters. The van der Waals surface area contributed by atoms with E-state index < -0.39 is 5.91 Å². The molecule has 2 rings (SSSR count). The Bertz CT molecular complexity index is 797. The number of phenols is 1. The van der Waals surface area contributed by atoms with Crippen LogP contribution in [0.25, 0.3) is 6.08 Å². The second-order valence-corrected chi connectivity index (χ2v) is 5.63. The molecule has 110 valence electrons. The second kappa shape index (κ2) is 7.12. The second-order valence-electron chi connectivity index (χ2n) is 4.31. The maximum Gasteiger partial charge on any atom is 0.266 e. The molecule has 2 aromatic rings. The Morgan fingerprint density at radius 3 is 2.73 bits per heavy atom. The number of hydrogen-bond acceptors (Lipinski definition) is 3. The number of anilines is 1. The smallest absolute Gasteiger partial charge is 0.266 e. The van der Waals surface area contributed by atoms with Gasteiger partial charge >= 0.3 is 0 Å². The van der Waals surface area contributed by atoms with Crippen molar-refractivity contribution in [3.8, 4) is 11.8 Å². The van der Waals surface area contributed by atoms with Gasteiger partial charge in [-0.05, 0) is 36.4 Å². The van der Waals surface area contributed by atoms with E-state index in [2.05, 4.69) is 21.2 Å². The quantitative estimate of drug-likeness (QED) is 0.617. The van der Waals surface area contributed by atoms with Gasteiger partial charge in [0.05, 0.1) is 10.7 Å². The van der Waals surface area contributed by atoms with Gasteiger partial charge in [-0.2, -0.15) is 5.26 Å². The molecule has 0 spiro atoms. The fourth-order valence-corrected chi connectivity index (χ4v) is 2.26. The van der Waals surface area contributed by atoms with Crippen LogP contribution in [0, 0.1) is 11.3 Å². The van der Waals surface area contributed by atoms with Crippen LogP contribution in [0.4, 0.5) is 5.69 Å². The highest BCUT2D eigenvalue weighted by molar-refractivity contribution is 9.10. The maximum absolute atomic E-state index is 12.1. The van der Waals surface area contributed by atoms with Crippen LogP contribution < -0.4 is 5.32 Å². The minimum Gasteiger partial charge on any atom is -0.507 e. The Balaban J connectivity index is 2.30. The lowest BCUT2D eigenvalue weighted by atomic mass is 10.1. The molecular weight excluding hydrogens is 368 g/mol. The topological polar surface area (TPSA) is 73.1 Å². The van der Waals surface area contributed by atoms with Gasteiger partial charge < -0.3 is 10.4 Å². The van der Waals surface area contributed by atoms with E-state index in [-0.39, 0.29) is 11.3 Å². The molecule has 0 aromatic heterocycles. The first-order valence-corrected chi connectivity index (χ1v) is 7.34. The van der Waals surface area contributed by atoms with Crippen LogP contribution in [0.2, 0.25) is 5.02 Å². The van der Waals surface area contributed by atoms with Crippen LogP contribution in [0.1, 0.15) is 5.56 Å². The molecule has 0 bridgehead atoms. The summed E-state index contributed by atoms with van der Waals surface area (Å²) < 4.78 is 0.723. The average Bonchev–Trinajstić information content (AvgIpc) is 2.50. The summed E-state index contributed by atoms with van der Waals surface area (Å²) in [5, 5.41) is 21.9. The van der Waals surface area contributed by atoms with Gasteiger partial charge in [0.2, 0.25) is 0 Å². The number of amides is 1. The van der Waals surface area contributed by atoms with E-state index in [9.17, 15) is 9.90 Å². The average molecular weight is 378 g/mol. The van der Waals surface area contributed by atoms with Gasteiger partial charge in [-0.15, -0.1) is 0 Å². The van der Waals surface area contributed by atoms with E-state index in [0.717, 1.165) is 4.47 Å². The number of nitrogens with one attached hydrogen (secondary N) is 1. The number of nitriles is 1. The van der Waals surface area contributed by atoms with Gasteiger partial charge in [0.15, 0.2) is 0 Å². The van der Waals surface area contributed by atoms with Gasteiger partial charge in [0.1, 0.15) is 17.4 Å². The van der Waals surface area contributed by atoms with E-state index >= 15 is 0 Å². The molecule has 0 fully saturated rings. The zero-order chi connectivity index (χ0) is 16.1. The Kier molecular flexibility index (Phi) is 5.21. The molecule has 2 aromatic carbocycles. The summed E-state index contributed by atoms with van der Waals surface area (Å²) in [6.07, 6.45) is 1.31. The summed E-state index contributed by atoms with van der Waals surface area (Å²) in [4.78, 5) is 12.1. The normalized spacial score (nSPS) is 10.9.